The maximum atomic E-state index is 11.1. The van der Waals surface area contributed by atoms with Crippen molar-refractivity contribution in [1.82, 2.24) is 0 Å². The Morgan fingerprint density at radius 1 is 1.50 bits per heavy atom. The topological polar surface area (TPSA) is 43.4 Å². The zero-order valence-electron chi connectivity index (χ0n) is 8.75. The summed E-state index contributed by atoms with van der Waals surface area (Å²) in [5, 5.41) is 0. The van der Waals surface area contributed by atoms with Crippen LogP contribution >= 0.6 is 0 Å². The first-order valence-electron chi connectivity index (χ1n) is 5.39. The van der Waals surface area contributed by atoms with Crippen LogP contribution in [-0.4, -0.2) is 18.4 Å². The first-order valence-corrected chi connectivity index (χ1v) is 5.39. The van der Waals surface area contributed by atoms with Crippen LogP contribution in [0.2, 0.25) is 0 Å². The van der Waals surface area contributed by atoms with E-state index in [0.717, 1.165) is 19.3 Å². The van der Waals surface area contributed by atoms with Gasteiger partial charge in [0.25, 0.3) is 0 Å². The Labute approximate surface area is 84.8 Å². The van der Waals surface area contributed by atoms with Gasteiger partial charge in [0.15, 0.2) is 0 Å². The minimum Gasteiger partial charge on any atom is -0.466 e. The molecule has 1 aliphatic rings. The molecule has 0 aliphatic heterocycles. The highest BCUT2D eigenvalue weighted by atomic mass is 16.5. The van der Waals surface area contributed by atoms with Crippen molar-refractivity contribution in [3.05, 3.63) is 0 Å². The second kappa shape index (κ2) is 5.78. The normalized spacial score (nSPS) is 16.5. The van der Waals surface area contributed by atoms with Crippen LogP contribution in [0.3, 0.4) is 0 Å². The molecule has 0 amide bonds. The number of rotatable bonds is 6. The van der Waals surface area contributed by atoms with Gasteiger partial charge >= 0.3 is 5.97 Å². The SMILES string of the molecule is CCCCOC(=O)CCC1CC(=O)C1. The number of carbonyl (C=O) groups is 2. The Morgan fingerprint density at radius 2 is 2.21 bits per heavy atom. The van der Waals surface area contributed by atoms with E-state index in [2.05, 4.69) is 6.92 Å². The van der Waals surface area contributed by atoms with Gasteiger partial charge in [-0.15, -0.1) is 0 Å². The van der Waals surface area contributed by atoms with Crippen LogP contribution in [0.25, 0.3) is 0 Å². The number of carbonyl (C=O) groups excluding carboxylic acids is 2. The van der Waals surface area contributed by atoms with Crippen molar-refractivity contribution in [2.75, 3.05) is 6.61 Å². The van der Waals surface area contributed by atoms with E-state index < -0.39 is 0 Å². The summed E-state index contributed by atoms with van der Waals surface area (Å²) in [6.07, 6.45) is 4.61. The molecule has 14 heavy (non-hydrogen) atoms. The maximum Gasteiger partial charge on any atom is 0.305 e. The standard InChI is InChI=1S/C11H18O3/c1-2-3-6-14-11(13)5-4-9-7-10(12)8-9/h9H,2-8H2,1H3. The fourth-order valence-corrected chi connectivity index (χ4v) is 1.51. The van der Waals surface area contributed by atoms with Gasteiger partial charge in [-0.2, -0.15) is 0 Å². The van der Waals surface area contributed by atoms with E-state index in [1.807, 2.05) is 0 Å². The second-order valence-corrected chi connectivity index (χ2v) is 3.93. The molecule has 0 bridgehead atoms. The van der Waals surface area contributed by atoms with Gasteiger partial charge in [-0.05, 0) is 18.8 Å². The molecular weight excluding hydrogens is 180 g/mol. The van der Waals surface area contributed by atoms with Crippen molar-refractivity contribution in [3.63, 3.8) is 0 Å². The molecule has 0 unspecified atom stereocenters. The summed E-state index contributed by atoms with van der Waals surface area (Å²) < 4.78 is 5.00. The summed E-state index contributed by atoms with van der Waals surface area (Å²) in [6, 6.07) is 0. The number of ketones is 1. The predicted molar refractivity (Wildman–Crippen MR) is 52.8 cm³/mol. The Kier molecular flexibility index (Phi) is 4.63. The van der Waals surface area contributed by atoms with Crippen LogP contribution in [0.4, 0.5) is 0 Å². The van der Waals surface area contributed by atoms with E-state index in [-0.39, 0.29) is 5.97 Å². The molecule has 0 N–H and O–H groups in total. The lowest BCUT2D eigenvalue weighted by atomic mass is 9.81. The molecule has 0 spiro atoms. The van der Waals surface area contributed by atoms with Crippen molar-refractivity contribution in [3.8, 4) is 0 Å². The van der Waals surface area contributed by atoms with Gasteiger partial charge in [-0.25, -0.2) is 0 Å². The number of unbranched alkanes of at least 4 members (excludes halogenated alkanes) is 1. The third kappa shape index (κ3) is 3.90. The lowest BCUT2D eigenvalue weighted by Crippen LogP contribution is -2.24. The molecule has 1 fully saturated rings. The largest absolute Gasteiger partial charge is 0.466 e. The molecule has 3 heteroatoms. The highest BCUT2D eigenvalue weighted by Gasteiger charge is 2.26. The van der Waals surface area contributed by atoms with E-state index in [4.69, 9.17) is 4.74 Å². The zero-order chi connectivity index (χ0) is 10.4. The van der Waals surface area contributed by atoms with Gasteiger partial charge in [-0.3, -0.25) is 9.59 Å². The van der Waals surface area contributed by atoms with Crippen LogP contribution in [0.1, 0.15) is 45.4 Å². The van der Waals surface area contributed by atoms with E-state index in [1.54, 1.807) is 0 Å². The summed E-state index contributed by atoms with van der Waals surface area (Å²) in [6.45, 7) is 2.60. The molecule has 1 rings (SSSR count). The minimum absolute atomic E-state index is 0.113. The van der Waals surface area contributed by atoms with Gasteiger partial charge in [-0.1, -0.05) is 13.3 Å². The van der Waals surface area contributed by atoms with Crippen LogP contribution in [0, 0.1) is 5.92 Å². The molecule has 0 aromatic heterocycles. The Morgan fingerprint density at radius 3 is 2.79 bits per heavy atom. The summed E-state index contributed by atoms with van der Waals surface area (Å²) in [7, 11) is 0. The first kappa shape index (κ1) is 11.2. The molecule has 1 saturated carbocycles. The smallest absolute Gasteiger partial charge is 0.305 e. The minimum atomic E-state index is -0.113. The van der Waals surface area contributed by atoms with Crippen molar-refractivity contribution >= 4 is 11.8 Å². The number of ether oxygens (including phenoxy) is 1. The molecular formula is C11H18O3. The monoisotopic (exact) mass is 198 g/mol. The maximum absolute atomic E-state index is 11.1. The third-order valence-electron chi connectivity index (χ3n) is 2.55. The molecule has 0 atom stereocenters. The highest BCUT2D eigenvalue weighted by molar-refractivity contribution is 5.84. The highest BCUT2D eigenvalue weighted by Crippen LogP contribution is 2.27. The lowest BCUT2D eigenvalue weighted by Gasteiger charge is -2.23. The molecule has 3 nitrogen and oxygen atoms in total. The van der Waals surface area contributed by atoms with Gasteiger partial charge in [0.1, 0.15) is 5.78 Å². The van der Waals surface area contributed by atoms with E-state index in [1.165, 1.54) is 0 Å². The zero-order valence-corrected chi connectivity index (χ0v) is 8.75. The van der Waals surface area contributed by atoms with Crippen LogP contribution in [0.5, 0.6) is 0 Å². The van der Waals surface area contributed by atoms with E-state index >= 15 is 0 Å². The summed E-state index contributed by atoms with van der Waals surface area (Å²) >= 11 is 0. The summed E-state index contributed by atoms with van der Waals surface area (Å²) in [5.41, 5.74) is 0. The van der Waals surface area contributed by atoms with Crippen molar-refractivity contribution < 1.29 is 14.3 Å². The molecule has 0 saturated heterocycles. The number of hydrogen-bond donors (Lipinski definition) is 0. The van der Waals surface area contributed by atoms with Crippen molar-refractivity contribution in [2.45, 2.75) is 45.4 Å². The van der Waals surface area contributed by atoms with E-state index in [9.17, 15) is 9.59 Å². The van der Waals surface area contributed by atoms with Crippen LogP contribution in [0.15, 0.2) is 0 Å². The predicted octanol–water partition coefficient (Wildman–Crippen LogP) is 2.09. The number of hydrogen-bond acceptors (Lipinski definition) is 3. The first-order chi connectivity index (χ1) is 6.72. The van der Waals surface area contributed by atoms with E-state index in [0.29, 0.717) is 37.6 Å². The molecule has 0 heterocycles. The Hall–Kier alpha value is -0.860. The molecule has 0 aromatic rings. The van der Waals surface area contributed by atoms with Crippen LogP contribution in [-0.2, 0) is 14.3 Å². The molecule has 80 valence electrons. The average Bonchev–Trinajstić information content (AvgIpc) is 2.11. The fraction of sp³-hybridized carbons (Fsp3) is 0.818. The summed E-state index contributed by atoms with van der Waals surface area (Å²) in [5.74, 6) is 0.661. The van der Waals surface area contributed by atoms with Gasteiger partial charge in [0.2, 0.25) is 0 Å². The third-order valence-corrected chi connectivity index (χ3v) is 2.55. The van der Waals surface area contributed by atoms with Crippen molar-refractivity contribution in [2.24, 2.45) is 5.92 Å². The summed E-state index contributed by atoms with van der Waals surface area (Å²) in [4.78, 5) is 21.8. The quantitative estimate of drug-likeness (QED) is 0.485. The molecule has 0 aromatic carbocycles. The average molecular weight is 198 g/mol. The fourth-order valence-electron chi connectivity index (χ4n) is 1.51. The lowest BCUT2D eigenvalue weighted by molar-refractivity contribution is -0.144. The van der Waals surface area contributed by atoms with Gasteiger partial charge < -0.3 is 4.74 Å². The van der Waals surface area contributed by atoms with Crippen molar-refractivity contribution in [1.29, 1.82) is 0 Å². The second-order valence-electron chi connectivity index (χ2n) is 3.93. The Bertz CT molecular complexity index is 203. The van der Waals surface area contributed by atoms with Crippen LogP contribution < -0.4 is 0 Å². The van der Waals surface area contributed by atoms with Gasteiger partial charge in [0.05, 0.1) is 6.61 Å². The number of esters is 1. The Balaban J connectivity index is 1.95. The number of Topliss-reactive ketones (excluding diaryl/α,β-unsaturated/α-hetero) is 1. The van der Waals surface area contributed by atoms with Gasteiger partial charge in [0, 0.05) is 19.3 Å². The molecule has 1 aliphatic carbocycles. The molecule has 0 radical (unpaired) electrons.